The maximum absolute atomic E-state index is 13.3. The number of rotatable bonds is 6. The molecule has 0 spiro atoms. The van der Waals surface area contributed by atoms with Crippen LogP contribution >= 0.6 is 0 Å². The second kappa shape index (κ2) is 10.8. The Labute approximate surface area is 212 Å². The summed E-state index contributed by atoms with van der Waals surface area (Å²) in [5.74, 6) is 2.97. The first-order valence-corrected chi connectivity index (χ1v) is 12.5. The Balaban J connectivity index is 1.14. The minimum atomic E-state index is 0.0803. The predicted octanol–water partition coefficient (Wildman–Crippen LogP) is 3.73. The van der Waals surface area contributed by atoms with Crippen LogP contribution in [0.4, 0.5) is 11.5 Å². The average molecular weight is 488 g/mol. The summed E-state index contributed by atoms with van der Waals surface area (Å²) in [4.78, 5) is 28.9. The van der Waals surface area contributed by atoms with Crippen molar-refractivity contribution in [2.75, 3.05) is 63.3 Å². The fourth-order valence-electron chi connectivity index (χ4n) is 5.03. The van der Waals surface area contributed by atoms with Crippen molar-refractivity contribution in [1.82, 2.24) is 14.9 Å². The van der Waals surface area contributed by atoms with Crippen LogP contribution in [0.5, 0.6) is 11.5 Å². The van der Waals surface area contributed by atoms with Crippen LogP contribution in [0.15, 0.2) is 60.9 Å². The zero-order valence-electron chi connectivity index (χ0n) is 21.0. The molecule has 3 aromatic rings. The van der Waals surface area contributed by atoms with Crippen LogP contribution in [-0.2, 0) is 4.79 Å². The molecule has 2 aromatic carbocycles. The van der Waals surface area contributed by atoms with Crippen LogP contribution in [0.25, 0.3) is 11.3 Å². The van der Waals surface area contributed by atoms with Crippen LogP contribution in [0, 0.1) is 5.92 Å². The molecule has 8 nitrogen and oxygen atoms in total. The number of piperidine rings is 1. The van der Waals surface area contributed by atoms with Gasteiger partial charge in [-0.1, -0.05) is 0 Å². The Morgan fingerprint density at radius 2 is 1.39 bits per heavy atom. The van der Waals surface area contributed by atoms with E-state index in [1.807, 2.05) is 47.4 Å². The number of anilines is 2. The van der Waals surface area contributed by atoms with Crippen molar-refractivity contribution in [3.63, 3.8) is 0 Å². The summed E-state index contributed by atoms with van der Waals surface area (Å²) in [6.45, 7) is 4.88. The molecule has 0 N–H and O–H groups in total. The van der Waals surface area contributed by atoms with Crippen molar-refractivity contribution in [3.05, 3.63) is 60.9 Å². The molecule has 2 fully saturated rings. The molecule has 0 aliphatic carbocycles. The van der Waals surface area contributed by atoms with Crippen molar-refractivity contribution in [3.8, 4) is 22.8 Å². The lowest BCUT2D eigenvalue weighted by Crippen LogP contribution is -2.51. The molecule has 36 heavy (non-hydrogen) atoms. The first-order valence-electron chi connectivity index (χ1n) is 12.5. The highest BCUT2D eigenvalue weighted by atomic mass is 16.5. The van der Waals surface area contributed by atoms with E-state index in [1.165, 1.54) is 5.69 Å². The number of aromatic nitrogens is 2. The molecule has 2 aliphatic rings. The van der Waals surface area contributed by atoms with Gasteiger partial charge in [-0.25, -0.2) is 9.97 Å². The largest absolute Gasteiger partial charge is 0.497 e. The van der Waals surface area contributed by atoms with Crippen LogP contribution in [0.1, 0.15) is 12.8 Å². The number of carbonyl (C=O) groups is 1. The molecule has 1 aromatic heterocycles. The van der Waals surface area contributed by atoms with E-state index in [4.69, 9.17) is 9.47 Å². The highest BCUT2D eigenvalue weighted by Crippen LogP contribution is 2.28. The lowest BCUT2D eigenvalue weighted by molar-refractivity contribution is -0.136. The SMILES string of the molecule is COc1ccc(-c2cc(N3CCC(C(=O)N4CCN(c5ccc(OC)cc5)CC4)CC3)ncn2)cc1. The number of piperazine rings is 1. The number of methoxy groups -OCH3 is 2. The van der Waals surface area contributed by atoms with Gasteiger partial charge < -0.3 is 24.2 Å². The van der Waals surface area contributed by atoms with E-state index in [1.54, 1.807) is 20.5 Å². The number of carbonyl (C=O) groups excluding carboxylic acids is 1. The second-order valence-corrected chi connectivity index (χ2v) is 9.26. The molecule has 0 unspecified atom stereocenters. The highest BCUT2D eigenvalue weighted by Gasteiger charge is 2.31. The summed E-state index contributed by atoms with van der Waals surface area (Å²) >= 11 is 0. The summed E-state index contributed by atoms with van der Waals surface area (Å²) in [5.41, 5.74) is 3.09. The van der Waals surface area contributed by atoms with Gasteiger partial charge in [0.05, 0.1) is 19.9 Å². The third-order valence-corrected chi connectivity index (χ3v) is 7.24. The normalized spacial score (nSPS) is 16.7. The first-order chi connectivity index (χ1) is 17.6. The molecule has 0 atom stereocenters. The van der Waals surface area contributed by atoms with Crippen LogP contribution in [-0.4, -0.2) is 74.3 Å². The van der Waals surface area contributed by atoms with Crippen LogP contribution in [0.2, 0.25) is 0 Å². The van der Waals surface area contributed by atoms with E-state index in [-0.39, 0.29) is 5.92 Å². The van der Waals surface area contributed by atoms with Gasteiger partial charge in [0.2, 0.25) is 5.91 Å². The number of ether oxygens (including phenoxy) is 2. The summed E-state index contributed by atoms with van der Waals surface area (Å²) < 4.78 is 10.5. The highest BCUT2D eigenvalue weighted by molar-refractivity contribution is 5.79. The van der Waals surface area contributed by atoms with Crippen LogP contribution in [0.3, 0.4) is 0 Å². The van der Waals surface area contributed by atoms with Crippen molar-refractivity contribution in [1.29, 1.82) is 0 Å². The third kappa shape index (κ3) is 5.22. The zero-order chi connectivity index (χ0) is 24.9. The fourth-order valence-corrected chi connectivity index (χ4v) is 5.03. The third-order valence-electron chi connectivity index (χ3n) is 7.24. The van der Waals surface area contributed by atoms with Gasteiger partial charge in [0.15, 0.2) is 0 Å². The van der Waals surface area contributed by atoms with Gasteiger partial charge in [-0.2, -0.15) is 0 Å². The van der Waals surface area contributed by atoms with E-state index < -0.39 is 0 Å². The van der Waals surface area contributed by atoms with Gasteiger partial charge in [0, 0.05) is 62.5 Å². The number of hydrogen-bond acceptors (Lipinski definition) is 7. The van der Waals surface area contributed by atoms with E-state index >= 15 is 0 Å². The molecule has 2 saturated heterocycles. The topological polar surface area (TPSA) is 71.0 Å². The summed E-state index contributed by atoms with van der Waals surface area (Å²) in [5, 5.41) is 0. The van der Waals surface area contributed by atoms with Gasteiger partial charge in [0.25, 0.3) is 0 Å². The van der Waals surface area contributed by atoms with Crippen LogP contribution < -0.4 is 19.3 Å². The van der Waals surface area contributed by atoms with E-state index in [9.17, 15) is 4.79 Å². The van der Waals surface area contributed by atoms with E-state index in [0.29, 0.717) is 5.91 Å². The van der Waals surface area contributed by atoms with Gasteiger partial charge >= 0.3 is 0 Å². The summed E-state index contributed by atoms with van der Waals surface area (Å²) in [6, 6.07) is 18.0. The molecule has 188 valence electrons. The van der Waals surface area contributed by atoms with E-state index in [0.717, 1.165) is 80.7 Å². The van der Waals surface area contributed by atoms with E-state index in [2.05, 4.69) is 31.9 Å². The minimum absolute atomic E-state index is 0.0803. The van der Waals surface area contributed by atoms with Gasteiger partial charge in [-0.3, -0.25) is 4.79 Å². The number of nitrogens with zero attached hydrogens (tertiary/aromatic N) is 5. The maximum Gasteiger partial charge on any atom is 0.225 e. The van der Waals surface area contributed by atoms with Crippen molar-refractivity contribution >= 4 is 17.4 Å². The molecular formula is C28H33N5O3. The molecule has 1 amide bonds. The van der Waals surface area contributed by atoms with Gasteiger partial charge in [-0.15, -0.1) is 0 Å². The van der Waals surface area contributed by atoms with Gasteiger partial charge in [-0.05, 0) is 61.4 Å². The molecular weight excluding hydrogens is 454 g/mol. The Hall–Kier alpha value is -3.81. The number of hydrogen-bond donors (Lipinski definition) is 0. The van der Waals surface area contributed by atoms with Crippen molar-refractivity contribution < 1.29 is 14.3 Å². The lowest BCUT2D eigenvalue weighted by Gasteiger charge is -2.39. The molecule has 2 aliphatic heterocycles. The number of amides is 1. The molecule has 0 saturated carbocycles. The van der Waals surface area contributed by atoms with Gasteiger partial charge in [0.1, 0.15) is 23.6 Å². The van der Waals surface area contributed by atoms with Crippen molar-refractivity contribution in [2.24, 2.45) is 5.92 Å². The molecule has 0 bridgehead atoms. The Kier molecular flexibility index (Phi) is 7.21. The summed E-state index contributed by atoms with van der Waals surface area (Å²) in [6.07, 6.45) is 3.31. The predicted molar refractivity (Wildman–Crippen MR) is 141 cm³/mol. The lowest BCUT2D eigenvalue weighted by atomic mass is 9.95. The quantitative estimate of drug-likeness (QED) is 0.525. The number of benzene rings is 2. The van der Waals surface area contributed by atoms with Crippen molar-refractivity contribution in [2.45, 2.75) is 12.8 Å². The summed E-state index contributed by atoms with van der Waals surface area (Å²) in [7, 11) is 3.34. The Morgan fingerprint density at radius 1 is 0.778 bits per heavy atom. The smallest absolute Gasteiger partial charge is 0.225 e. The molecule has 5 rings (SSSR count). The molecule has 0 radical (unpaired) electrons. The monoisotopic (exact) mass is 487 g/mol. The standard InChI is InChI=1S/C28H33N5O3/c1-35-24-7-3-21(4-8-24)26-19-27(30-20-29-26)32-13-11-22(12-14-32)28(34)33-17-15-31(16-18-33)23-5-9-25(36-2)10-6-23/h3-10,19-20,22H,11-18H2,1-2H3. The Bertz CT molecular complexity index is 1150. The second-order valence-electron chi connectivity index (χ2n) is 9.26. The Morgan fingerprint density at radius 3 is 2.00 bits per heavy atom. The zero-order valence-corrected chi connectivity index (χ0v) is 21.0. The molecule has 3 heterocycles. The average Bonchev–Trinajstić information content (AvgIpc) is 2.97. The maximum atomic E-state index is 13.3. The molecule has 8 heteroatoms. The fraction of sp³-hybridized carbons (Fsp3) is 0.393. The minimum Gasteiger partial charge on any atom is -0.497 e. The first kappa shape index (κ1) is 23.9.